The molecule has 0 bridgehead atoms. The molecule has 0 N–H and O–H groups in total. The maximum atomic E-state index is 2.48. The second kappa shape index (κ2) is 12.9. The predicted octanol–water partition coefficient (Wildman–Crippen LogP) is 15.1. The third kappa shape index (κ3) is 5.16. The van der Waals surface area contributed by atoms with Crippen molar-refractivity contribution in [3.8, 4) is 27.9 Å². The second-order valence-corrected chi connectivity index (χ2v) is 15.2. The lowest BCUT2D eigenvalue weighted by molar-refractivity contribution is 1.19. The summed E-state index contributed by atoms with van der Waals surface area (Å²) in [5, 5.41) is 7.78. The normalized spacial score (nSPS) is 11.6. The van der Waals surface area contributed by atoms with Crippen LogP contribution in [0.5, 0.6) is 0 Å². The second-order valence-electron chi connectivity index (χ2n) is 14.1. The monoisotopic (exact) mass is 718 g/mol. The molecule has 2 aromatic heterocycles. The minimum absolute atomic E-state index is 1.13. The Bertz CT molecular complexity index is 3120. The van der Waals surface area contributed by atoms with Crippen molar-refractivity contribution >= 4 is 81.1 Å². The van der Waals surface area contributed by atoms with Crippen LogP contribution in [0.1, 0.15) is 0 Å². The van der Waals surface area contributed by atoms with Crippen molar-refractivity contribution in [3.05, 3.63) is 206 Å². The molecule has 0 unspecified atom stereocenters. The first kappa shape index (κ1) is 31.6. The number of rotatable bonds is 6. The quantitative estimate of drug-likeness (QED) is 0.166. The van der Waals surface area contributed by atoms with Crippen LogP contribution in [-0.4, -0.2) is 4.57 Å². The summed E-state index contributed by atoms with van der Waals surface area (Å²) in [4.78, 5) is 2.31. The number of para-hydroxylation sites is 3. The van der Waals surface area contributed by atoms with Gasteiger partial charge in [0.25, 0.3) is 0 Å². The zero-order valence-electron chi connectivity index (χ0n) is 29.9. The largest absolute Gasteiger partial charge is 0.311 e. The van der Waals surface area contributed by atoms with E-state index in [0.717, 1.165) is 17.1 Å². The minimum atomic E-state index is 1.13. The van der Waals surface area contributed by atoms with Gasteiger partial charge in [-0.3, -0.25) is 0 Å². The maximum absolute atomic E-state index is 2.48. The van der Waals surface area contributed by atoms with E-state index in [2.05, 4.69) is 216 Å². The summed E-state index contributed by atoms with van der Waals surface area (Å²) in [7, 11) is 0. The summed E-state index contributed by atoms with van der Waals surface area (Å²) >= 11 is 1.92. The number of nitrogens with zero attached hydrogens (tertiary/aromatic N) is 2. The Hall–Kier alpha value is -6.94. The van der Waals surface area contributed by atoms with E-state index in [1.54, 1.807) is 0 Å². The summed E-state index contributed by atoms with van der Waals surface area (Å²) in [6.07, 6.45) is 0. The molecular formula is C52H34N2S. The van der Waals surface area contributed by atoms with Gasteiger partial charge in [-0.25, -0.2) is 0 Å². The summed E-state index contributed by atoms with van der Waals surface area (Å²) in [6, 6.07) is 74.8. The molecule has 11 rings (SSSR count). The fourth-order valence-corrected chi connectivity index (χ4v) is 9.72. The van der Waals surface area contributed by atoms with Gasteiger partial charge in [-0.15, -0.1) is 11.3 Å². The molecule has 2 heterocycles. The SMILES string of the molecule is c1ccc(-c2ccc3c(c2)c2c4sc5ccc(-c6ccc(N(c7ccccc7)c7ccccc7)cc6)cc5c4c4ccccc4c2n3-c2ccccc2)cc1. The highest BCUT2D eigenvalue weighted by Gasteiger charge is 2.22. The van der Waals surface area contributed by atoms with Crippen molar-refractivity contribution in [2.45, 2.75) is 0 Å². The highest BCUT2D eigenvalue weighted by Crippen LogP contribution is 2.49. The van der Waals surface area contributed by atoms with E-state index in [9.17, 15) is 0 Å². The van der Waals surface area contributed by atoms with Gasteiger partial charge in [0.2, 0.25) is 0 Å². The van der Waals surface area contributed by atoms with Crippen molar-refractivity contribution in [2.75, 3.05) is 4.90 Å². The van der Waals surface area contributed by atoms with E-state index in [-0.39, 0.29) is 0 Å². The van der Waals surface area contributed by atoms with Gasteiger partial charge >= 0.3 is 0 Å². The molecular weight excluding hydrogens is 685 g/mol. The summed E-state index contributed by atoms with van der Waals surface area (Å²) < 4.78 is 5.11. The Balaban J connectivity index is 1.14. The van der Waals surface area contributed by atoms with Crippen LogP contribution in [0.2, 0.25) is 0 Å². The van der Waals surface area contributed by atoms with Crippen LogP contribution in [0.3, 0.4) is 0 Å². The van der Waals surface area contributed by atoms with Crippen LogP contribution >= 0.6 is 11.3 Å². The molecule has 0 radical (unpaired) electrons. The zero-order valence-corrected chi connectivity index (χ0v) is 30.7. The fraction of sp³-hybridized carbons (Fsp3) is 0. The van der Waals surface area contributed by atoms with Crippen LogP contribution in [0.25, 0.3) is 80.7 Å². The highest BCUT2D eigenvalue weighted by molar-refractivity contribution is 7.27. The summed E-state index contributed by atoms with van der Waals surface area (Å²) in [5.74, 6) is 0. The lowest BCUT2D eigenvalue weighted by Gasteiger charge is -2.25. The molecule has 2 nitrogen and oxygen atoms in total. The molecule has 0 atom stereocenters. The van der Waals surface area contributed by atoms with Crippen LogP contribution in [0.4, 0.5) is 17.1 Å². The number of fused-ring (bicyclic) bond motifs is 10. The van der Waals surface area contributed by atoms with Gasteiger partial charge in [0.1, 0.15) is 0 Å². The molecule has 0 aliphatic carbocycles. The molecule has 0 saturated heterocycles. The maximum Gasteiger partial charge on any atom is 0.0634 e. The van der Waals surface area contributed by atoms with Crippen molar-refractivity contribution in [1.29, 1.82) is 0 Å². The molecule has 9 aromatic carbocycles. The lowest BCUT2D eigenvalue weighted by Crippen LogP contribution is -2.09. The average Bonchev–Trinajstić information content (AvgIpc) is 3.82. The van der Waals surface area contributed by atoms with Crippen LogP contribution in [0, 0.1) is 0 Å². The molecule has 0 aliphatic rings. The van der Waals surface area contributed by atoms with E-state index in [4.69, 9.17) is 0 Å². The highest BCUT2D eigenvalue weighted by atomic mass is 32.1. The van der Waals surface area contributed by atoms with Crippen molar-refractivity contribution in [2.24, 2.45) is 0 Å². The molecule has 0 amide bonds. The standard InChI is InChI=1S/C52H34N2S/c1-5-15-35(16-6-1)37-27-31-47-45(33-37)50-51(54(47)41-21-11-4-12-22-41)44-24-14-13-23-43(44)49-46-34-38(28-32-48(46)55-52(49)50)36-25-29-42(30-26-36)53(39-17-7-2-8-18-39)40-19-9-3-10-20-40/h1-34H. The van der Waals surface area contributed by atoms with Gasteiger partial charge in [-0.1, -0.05) is 133 Å². The lowest BCUT2D eigenvalue weighted by atomic mass is 9.97. The van der Waals surface area contributed by atoms with E-state index < -0.39 is 0 Å². The molecule has 258 valence electrons. The molecule has 0 fully saturated rings. The predicted molar refractivity (Wildman–Crippen MR) is 237 cm³/mol. The number of aromatic nitrogens is 1. The Kier molecular flexibility index (Phi) is 7.39. The van der Waals surface area contributed by atoms with Crippen LogP contribution in [-0.2, 0) is 0 Å². The fourth-order valence-electron chi connectivity index (χ4n) is 8.46. The van der Waals surface area contributed by atoms with Crippen molar-refractivity contribution in [1.82, 2.24) is 4.57 Å². The Labute approximate surface area is 323 Å². The third-order valence-electron chi connectivity index (χ3n) is 10.9. The first-order chi connectivity index (χ1) is 27.3. The molecule has 0 aliphatic heterocycles. The molecule has 0 saturated carbocycles. The molecule has 0 spiro atoms. The number of hydrogen-bond acceptors (Lipinski definition) is 2. The van der Waals surface area contributed by atoms with E-state index >= 15 is 0 Å². The van der Waals surface area contributed by atoms with E-state index in [1.165, 1.54) is 80.7 Å². The van der Waals surface area contributed by atoms with Gasteiger partial charge in [-0.2, -0.15) is 0 Å². The van der Waals surface area contributed by atoms with Crippen molar-refractivity contribution < 1.29 is 0 Å². The minimum Gasteiger partial charge on any atom is -0.311 e. The number of benzene rings is 9. The first-order valence-corrected chi connectivity index (χ1v) is 19.6. The van der Waals surface area contributed by atoms with Crippen LogP contribution in [0.15, 0.2) is 206 Å². The number of thiophene rings is 1. The average molecular weight is 719 g/mol. The Morgan fingerprint density at radius 3 is 1.55 bits per heavy atom. The molecule has 55 heavy (non-hydrogen) atoms. The van der Waals surface area contributed by atoms with E-state index in [0.29, 0.717) is 0 Å². The van der Waals surface area contributed by atoms with Gasteiger partial charge in [0, 0.05) is 59.1 Å². The summed E-state index contributed by atoms with van der Waals surface area (Å²) in [5.41, 5.74) is 11.9. The topological polar surface area (TPSA) is 8.17 Å². The van der Waals surface area contributed by atoms with E-state index in [1.807, 2.05) is 11.3 Å². The van der Waals surface area contributed by atoms with Crippen molar-refractivity contribution in [3.63, 3.8) is 0 Å². The number of hydrogen-bond donors (Lipinski definition) is 0. The van der Waals surface area contributed by atoms with Gasteiger partial charge in [-0.05, 0) is 100 Å². The summed E-state index contributed by atoms with van der Waals surface area (Å²) in [6.45, 7) is 0. The Morgan fingerprint density at radius 2 is 0.873 bits per heavy atom. The zero-order chi connectivity index (χ0) is 36.3. The first-order valence-electron chi connectivity index (χ1n) is 18.8. The van der Waals surface area contributed by atoms with Gasteiger partial charge < -0.3 is 9.47 Å². The molecule has 3 heteroatoms. The van der Waals surface area contributed by atoms with Crippen LogP contribution < -0.4 is 4.90 Å². The Morgan fingerprint density at radius 1 is 0.364 bits per heavy atom. The molecule has 11 aromatic rings. The smallest absolute Gasteiger partial charge is 0.0634 e. The third-order valence-corrected chi connectivity index (χ3v) is 12.1. The van der Waals surface area contributed by atoms with Gasteiger partial charge in [0.15, 0.2) is 0 Å². The van der Waals surface area contributed by atoms with Gasteiger partial charge in [0.05, 0.1) is 11.0 Å². The number of anilines is 3.